The predicted octanol–water partition coefficient (Wildman–Crippen LogP) is 4.65. The zero-order chi connectivity index (χ0) is 15.1. The molecule has 0 aromatic heterocycles. The van der Waals surface area contributed by atoms with E-state index in [2.05, 4.69) is 19.2 Å². The second kappa shape index (κ2) is 7.34. The van der Waals surface area contributed by atoms with Crippen molar-refractivity contribution < 1.29 is 9.84 Å². The smallest absolute Gasteiger partial charge is 0.130 e. The summed E-state index contributed by atoms with van der Waals surface area (Å²) in [5, 5.41) is 9.77. The highest BCUT2D eigenvalue weighted by Gasteiger charge is 2.05. The molecule has 2 aromatic carbocycles. The zero-order valence-corrected chi connectivity index (χ0v) is 12.1. The van der Waals surface area contributed by atoms with E-state index in [0.717, 1.165) is 36.1 Å². The molecule has 0 aliphatic carbocycles. The Morgan fingerprint density at radius 1 is 1.00 bits per heavy atom. The Balaban J connectivity index is 1.98. The van der Waals surface area contributed by atoms with E-state index in [-0.39, 0.29) is 0 Å². The van der Waals surface area contributed by atoms with Gasteiger partial charge in [-0.2, -0.15) is 0 Å². The highest BCUT2D eigenvalue weighted by atomic mass is 16.5. The number of hydrogen-bond acceptors (Lipinski definition) is 2. The third-order valence-corrected chi connectivity index (χ3v) is 3.33. The van der Waals surface area contributed by atoms with Gasteiger partial charge in [-0.05, 0) is 48.6 Å². The van der Waals surface area contributed by atoms with E-state index in [1.165, 1.54) is 0 Å². The minimum atomic E-state index is 0.363. The zero-order valence-electron chi connectivity index (χ0n) is 12.1. The van der Waals surface area contributed by atoms with E-state index < -0.39 is 0 Å². The molecule has 0 heterocycles. The highest BCUT2D eigenvalue weighted by molar-refractivity contribution is 5.36. The van der Waals surface area contributed by atoms with Crippen LogP contribution in [0.3, 0.4) is 0 Å². The lowest BCUT2D eigenvalue weighted by molar-refractivity contribution is 0.440. The molecule has 108 valence electrons. The number of phenolic OH excluding ortho intramolecular Hbond substituents is 1. The fraction of sp³-hybridized carbons (Fsp3) is 0.158. The SMILES string of the molecule is C=CC(=C)Oc1ccccc1CCCc1ccccc1O. The molecule has 0 radical (unpaired) electrons. The van der Waals surface area contributed by atoms with Gasteiger partial charge in [-0.1, -0.05) is 49.6 Å². The number of aryl methyl sites for hydroxylation is 2. The minimum Gasteiger partial charge on any atom is -0.508 e. The topological polar surface area (TPSA) is 29.5 Å². The van der Waals surface area contributed by atoms with Gasteiger partial charge in [0.05, 0.1) is 0 Å². The first-order valence-electron chi connectivity index (χ1n) is 7.04. The largest absolute Gasteiger partial charge is 0.508 e. The molecule has 0 aliphatic heterocycles. The Morgan fingerprint density at radius 3 is 2.33 bits per heavy atom. The predicted molar refractivity (Wildman–Crippen MR) is 86.5 cm³/mol. The number of rotatable bonds is 7. The number of aromatic hydroxyl groups is 1. The summed E-state index contributed by atoms with van der Waals surface area (Å²) >= 11 is 0. The molecule has 0 unspecified atom stereocenters. The van der Waals surface area contributed by atoms with Gasteiger partial charge in [0.15, 0.2) is 0 Å². The van der Waals surface area contributed by atoms with Crippen molar-refractivity contribution in [3.8, 4) is 11.5 Å². The van der Waals surface area contributed by atoms with Gasteiger partial charge in [-0.15, -0.1) is 0 Å². The Labute approximate surface area is 126 Å². The lowest BCUT2D eigenvalue weighted by Crippen LogP contribution is -1.97. The van der Waals surface area contributed by atoms with Crippen LogP contribution in [-0.2, 0) is 12.8 Å². The van der Waals surface area contributed by atoms with Gasteiger partial charge in [-0.3, -0.25) is 0 Å². The molecule has 0 atom stereocenters. The second-order valence-corrected chi connectivity index (χ2v) is 4.86. The maximum absolute atomic E-state index is 9.77. The lowest BCUT2D eigenvalue weighted by Gasteiger charge is -2.11. The van der Waals surface area contributed by atoms with Crippen LogP contribution in [0.4, 0.5) is 0 Å². The molecule has 2 aromatic rings. The van der Waals surface area contributed by atoms with Gasteiger partial charge in [0.1, 0.15) is 17.3 Å². The van der Waals surface area contributed by atoms with Gasteiger partial charge in [0.2, 0.25) is 0 Å². The fourth-order valence-electron chi connectivity index (χ4n) is 2.18. The molecule has 2 rings (SSSR count). The van der Waals surface area contributed by atoms with Gasteiger partial charge in [-0.25, -0.2) is 0 Å². The van der Waals surface area contributed by atoms with Gasteiger partial charge >= 0.3 is 0 Å². The Kier molecular flexibility index (Phi) is 5.22. The lowest BCUT2D eigenvalue weighted by atomic mass is 10.0. The van der Waals surface area contributed by atoms with Crippen molar-refractivity contribution in [1.82, 2.24) is 0 Å². The van der Waals surface area contributed by atoms with Gasteiger partial charge in [0.25, 0.3) is 0 Å². The normalized spacial score (nSPS) is 10.1. The standard InChI is InChI=1S/C19H20O2/c1-3-15(2)21-19-14-7-5-10-17(19)12-8-11-16-9-4-6-13-18(16)20/h3-7,9-10,13-14,20H,1-2,8,11-12H2. The first-order chi connectivity index (χ1) is 10.2. The number of benzene rings is 2. The van der Waals surface area contributed by atoms with E-state index >= 15 is 0 Å². The Hall–Kier alpha value is -2.48. The Morgan fingerprint density at radius 2 is 1.62 bits per heavy atom. The van der Waals surface area contributed by atoms with Crippen LogP contribution in [0.25, 0.3) is 0 Å². The summed E-state index contributed by atoms with van der Waals surface area (Å²) in [4.78, 5) is 0. The molecular weight excluding hydrogens is 260 g/mol. The van der Waals surface area contributed by atoms with Crippen LogP contribution in [-0.4, -0.2) is 5.11 Å². The van der Waals surface area contributed by atoms with E-state index in [4.69, 9.17) is 4.74 Å². The third-order valence-electron chi connectivity index (χ3n) is 3.33. The van der Waals surface area contributed by atoms with E-state index in [1.54, 1.807) is 12.1 Å². The molecule has 0 aliphatic rings. The molecule has 2 nitrogen and oxygen atoms in total. The van der Waals surface area contributed by atoms with Crippen molar-refractivity contribution in [2.75, 3.05) is 0 Å². The van der Waals surface area contributed by atoms with Crippen molar-refractivity contribution >= 4 is 0 Å². The van der Waals surface area contributed by atoms with Crippen molar-refractivity contribution in [3.05, 3.63) is 84.7 Å². The van der Waals surface area contributed by atoms with Crippen molar-refractivity contribution in [1.29, 1.82) is 0 Å². The summed E-state index contributed by atoms with van der Waals surface area (Å²) < 4.78 is 5.66. The Bertz CT molecular complexity index is 629. The quantitative estimate of drug-likeness (QED) is 0.591. The average molecular weight is 280 g/mol. The van der Waals surface area contributed by atoms with Crippen molar-refractivity contribution in [2.45, 2.75) is 19.3 Å². The van der Waals surface area contributed by atoms with Crippen LogP contribution in [0, 0.1) is 0 Å². The van der Waals surface area contributed by atoms with E-state index in [0.29, 0.717) is 11.5 Å². The number of allylic oxidation sites excluding steroid dienone is 1. The molecule has 0 bridgehead atoms. The molecule has 0 spiro atoms. The summed E-state index contributed by atoms with van der Waals surface area (Å²) in [5.41, 5.74) is 2.11. The third kappa shape index (κ3) is 4.25. The van der Waals surface area contributed by atoms with Crippen LogP contribution >= 0.6 is 0 Å². The average Bonchev–Trinajstić information content (AvgIpc) is 2.50. The fourth-order valence-corrected chi connectivity index (χ4v) is 2.18. The second-order valence-electron chi connectivity index (χ2n) is 4.86. The van der Waals surface area contributed by atoms with E-state index in [1.807, 2.05) is 36.4 Å². The molecule has 1 N–H and O–H groups in total. The molecule has 21 heavy (non-hydrogen) atoms. The molecule has 0 fully saturated rings. The minimum absolute atomic E-state index is 0.363. The molecule has 0 amide bonds. The maximum Gasteiger partial charge on any atom is 0.130 e. The number of para-hydroxylation sites is 2. The van der Waals surface area contributed by atoms with Crippen molar-refractivity contribution in [3.63, 3.8) is 0 Å². The van der Waals surface area contributed by atoms with Crippen molar-refractivity contribution in [2.24, 2.45) is 0 Å². The summed E-state index contributed by atoms with van der Waals surface area (Å²) in [6.45, 7) is 7.42. The van der Waals surface area contributed by atoms with Crippen LogP contribution in [0.5, 0.6) is 11.5 Å². The monoisotopic (exact) mass is 280 g/mol. The molecule has 0 saturated carbocycles. The van der Waals surface area contributed by atoms with E-state index in [9.17, 15) is 5.11 Å². The van der Waals surface area contributed by atoms with Crippen LogP contribution in [0.1, 0.15) is 17.5 Å². The number of hydrogen-bond donors (Lipinski definition) is 1. The molecular formula is C19H20O2. The molecule has 2 heteroatoms. The number of phenols is 1. The highest BCUT2D eigenvalue weighted by Crippen LogP contribution is 2.23. The molecule has 0 saturated heterocycles. The summed E-state index contributed by atoms with van der Waals surface area (Å²) in [5.74, 6) is 1.73. The first kappa shape index (κ1) is 14.9. The summed E-state index contributed by atoms with van der Waals surface area (Å²) in [6, 6.07) is 15.4. The summed E-state index contributed by atoms with van der Waals surface area (Å²) in [6.07, 6.45) is 4.26. The van der Waals surface area contributed by atoms with Crippen LogP contribution in [0.2, 0.25) is 0 Å². The first-order valence-corrected chi connectivity index (χ1v) is 7.04. The summed E-state index contributed by atoms with van der Waals surface area (Å²) in [7, 11) is 0. The van der Waals surface area contributed by atoms with Crippen LogP contribution in [0.15, 0.2) is 73.5 Å². The van der Waals surface area contributed by atoms with Crippen LogP contribution < -0.4 is 4.74 Å². The maximum atomic E-state index is 9.77. The van der Waals surface area contributed by atoms with Gasteiger partial charge < -0.3 is 9.84 Å². The van der Waals surface area contributed by atoms with Gasteiger partial charge in [0, 0.05) is 0 Å². The number of ether oxygens (including phenoxy) is 1.